The van der Waals surface area contributed by atoms with Crippen LogP contribution in [-0.2, 0) is 6.42 Å². The van der Waals surface area contributed by atoms with Crippen LogP contribution in [0.25, 0.3) is 0 Å². The first-order chi connectivity index (χ1) is 10.1. The lowest BCUT2D eigenvalue weighted by molar-refractivity contribution is 0.522. The average Bonchev–Trinajstić information content (AvgIpc) is 2.47. The first-order valence-electron chi connectivity index (χ1n) is 7.34. The monoisotopic (exact) mass is 321 g/mol. The van der Waals surface area contributed by atoms with Crippen molar-refractivity contribution in [1.82, 2.24) is 5.32 Å². The third-order valence-corrected chi connectivity index (χ3v) is 4.38. The maximum absolute atomic E-state index is 6.10. The highest BCUT2D eigenvalue weighted by Crippen LogP contribution is 2.26. The maximum atomic E-state index is 6.10. The molecule has 2 rings (SSSR count). The van der Waals surface area contributed by atoms with Gasteiger partial charge in [-0.25, -0.2) is 0 Å². The van der Waals surface area contributed by atoms with Gasteiger partial charge in [0.25, 0.3) is 0 Å². The minimum absolute atomic E-state index is 0.310. The molecule has 0 aliphatic heterocycles. The van der Waals surface area contributed by atoms with Gasteiger partial charge in [0.05, 0.1) is 10.0 Å². The van der Waals surface area contributed by atoms with Crippen molar-refractivity contribution >= 4 is 23.2 Å². The van der Waals surface area contributed by atoms with E-state index in [2.05, 4.69) is 43.4 Å². The first kappa shape index (κ1) is 16.4. The van der Waals surface area contributed by atoms with Crippen LogP contribution in [0.3, 0.4) is 0 Å². The molecule has 0 spiro atoms. The lowest BCUT2D eigenvalue weighted by atomic mass is 10.0. The largest absolute Gasteiger partial charge is 0.310 e. The van der Waals surface area contributed by atoms with E-state index in [1.54, 1.807) is 0 Å². The summed E-state index contributed by atoms with van der Waals surface area (Å²) in [6, 6.07) is 14.8. The molecule has 1 unspecified atom stereocenters. The molecule has 21 heavy (non-hydrogen) atoms. The second-order valence-electron chi connectivity index (χ2n) is 5.33. The first-order valence-corrected chi connectivity index (χ1v) is 8.09. The van der Waals surface area contributed by atoms with Gasteiger partial charge >= 0.3 is 0 Å². The zero-order valence-electron chi connectivity index (χ0n) is 12.5. The molecule has 0 bridgehead atoms. The van der Waals surface area contributed by atoms with E-state index in [-0.39, 0.29) is 0 Å². The van der Waals surface area contributed by atoms with Crippen molar-refractivity contribution in [3.8, 4) is 0 Å². The Kier molecular flexibility index (Phi) is 6.10. The summed E-state index contributed by atoms with van der Waals surface area (Å²) >= 11 is 12.1. The van der Waals surface area contributed by atoms with Gasteiger partial charge in [0.1, 0.15) is 0 Å². The molecule has 2 aromatic rings. The Balaban J connectivity index is 1.94. The highest BCUT2D eigenvalue weighted by Gasteiger charge is 2.10. The SMILES string of the molecule is CCC(NCCc1cccc(C)c1)c1ccc(Cl)c(Cl)c1. The van der Waals surface area contributed by atoms with Crippen LogP contribution in [0.1, 0.15) is 36.1 Å². The zero-order chi connectivity index (χ0) is 15.2. The summed E-state index contributed by atoms with van der Waals surface area (Å²) in [5, 5.41) is 4.82. The summed E-state index contributed by atoms with van der Waals surface area (Å²) in [4.78, 5) is 0. The van der Waals surface area contributed by atoms with Gasteiger partial charge in [0, 0.05) is 6.04 Å². The number of benzene rings is 2. The van der Waals surface area contributed by atoms with E-state index in [0.29, 0.717) is 16.1 Å². The molecule has 1 atom stereocenters. The predicted octanol–water partition coefficient (Wildman–Crippen LogP) is 5.59. The molecular weight excluding hydrogens is 301 g/mol. The molecule has 1 nitrogen and oxygen atoms in total. The number of rotatable bonds is 6. The Hall–Kier alpha value is -1.02. The lowest BCUT2D eigenvalue weighted by Gasteiger charge is -2.18. The lowest BCUT2D eigenvalue weighted by Crippen LogP contribution is -2.23. The van der Waals surface area contributed by atoms with Crippen molar-refractivity contribution in [2.75, 3.05) is 6.54 Å². The van der Waals surface area contributed by atoms with Gasteiger partial charge in [-0.2, -0.15) is 0 Å². The molecule has 0 fully saturated rings. The van der Waals surface area contributed by atoms with E-state index in [1.165, 1.54) is 16.7 Å². The van der Waals surface area contributed by atoms with E-state index in [4.69, 9.17) is 23.2 Å². The minimum atomic E-state index is 0.310. The third-order valence-electron chi connectivity index (χ3n) is 3.64. The smallest absolute Gasteiger partial charge is 0.0595 e. The quantitative estimate of drug-likeness (QED) is 0.731. The summed E-state index contributed by atoms with van der Waals surface area (Å²) in [6.45, 7) is 5.25. The Labute approximate surface area is 137 Å². The highest BCUT2D eigenvalue weighted by molar-refractivity contribution is 6.42. The van der Waals surface area contributed by atoms with Crippen LogP contribution in [-0.4, -0.2) is 6.54 Å². The maximum Gasteiger partial charge on any atom is 0.0595 e. The Morgan fingerprint density at radius 1 is 1.05 bits per heavy atom. The molecule has 112 valence electrons. The molecule has 0 radical (unpaired) electrons. The van der Waals surface area contributed by atoms with Crippen LogP contribution in [0.2, 0.25) is 10.0 Å². The molecule has 0 aliphatic rings. The van der Waals surface area contributed by atoms with Crippen molar-refractivity contribution in [2.24, 2.45) is 0 Å². The van der Waals surface area contributed by atoms with E-state index < -0.39 is 0 Å². The Bertz CT molecular complexity index is 596. The topological polar surface area (TPSA) is 12.0 Å². The van der Waals surface area contributed by atoms with E-state index in [9.17, 15) is 0 Å². The summed E-state index contributed by atoms with van der Waals surface area (Å²) in [7, 11) is 0. The molecule has 3 heteroatoms. The van der Waals surface area contributed by atoms with Gasteiger partial charge in [-0.15, -0.1) is 0 Å². The van der Waals surface area contributed by atoms with Gasteiger partial charge in [-0.3, -0.25) is 0 Å². The number of hydrogen-bond acceptors (Lipinski definition) is 1. The molecule has 2 aromatic carbocycles. The summed E-state index contributed by atoms with van der Waals surface area (Å²) in [5.41, 5.74) is 3.87. The molecule has 1 N–H and O–H groups in total. The minimum Gasteiger partial charge on any atom is -0.310 e. The number of hydrogen-bond donors (Lipinski definition) is 1. The van der Waals surface area contributed by atoms with Crippen LogP contribution in [0.4, 0.5) is 0 Å². The second-order valence-corrected chi connectivity index (χ2v) is 6.14. The fraction of sp³-hybridized carbons (Fsp3) is 0.333. The summed E-state index contributed by atoms with van der Waals surface area (Å²) in [6.07, 6.45) is 2.05. The molecule has 0 saturated carbocycles. The van der Waals surface area contributed by atoms with Crippen LogP contribution in [0.5, 0.6) is 0 Å². The number of halogens is 2. The van der Waals surface area contributed by atoms with Crippen LogP contribution in [0, 0.1) is 6.92 Å². The standard InChI is InChI=1S/C18H21Cl2N/c1-3-18(15-7-8-16(19)17(20)12-15)21-10-9-14-6-4-5-13(2)11-14/h4-8,11-12,18,21H,3,9-10H2,1-2H3. The zero-order valence-corrected chi connectivity index (χ0v) is 14.0. The van der Waals surface area contributed by atoms with Crippen LogP contribution < -0.4 is 5.32 Å². The van der Waals surface area contributed by atoms with Gasteiger partial charge in [0.2, 0.25) is 0 Å². The number of aryl methyl sites for hydroxylation is 1. The Morgan fingerprint density at radius 2 is 1.86 bits per heavy atom. The third kappa shape index (κ3) is 4.74. The Morgan fingerprint density at radius 3 is 2.52 bits per heavy atom. The van der Waals surface area contributed by atoms with Gasteiger partial charge in [0.15, 0.2) is 0 Å². The van der Waals surface area contributed by atoms with Gasteiger partial charge < -0.3 is 5.32 Å². The number of nitrogens with one attached hydrogen (secondary N) is 1. The second kappa shape index (κ2) is 7.84. The van der Waals surface area contributed by atoms with Crippen molar-refractivity contribution in [3.05, 3.63) is 69.2 Å². The average molecular weight is 322 g/mol. The summed E-state index contributed by atoms with van der Waals surface area (Å²) < 4.78 is 0. The van der Waals surface area contributed by atoms with E-state index in [0.717, 1.165) is 19.4 Å². The molecule has 0 amide bonds. The van der Waals surface area contributed by atoms with Crippen molar-refractivity contribution in [2.45, 2.75) is 32.7 Å². The normalized spacial score (nSPS) is 12.4. The molecule has 0 heterocycles. The van der Waals surface area contributed by atoms with Crippen molar-refractivity contribution in [1.29, 1.82) is 0 Å². The molecule has 0 saturated heterocycles. The van der Waals surface area contributed by atoms with E-state index in [1.807, 2.05) is 18.2 Å². The molecular formula is C18H21Cl2N. The molecule has 0 aromatic heterocycles. The predicted molar refractivity (Wildman–Crippen MR) is 92.4 cm³/mol. The van der Waals surface area contributed by atoms with Crippen molar-refractivity contribution < 1.29 is 0 Å². The molecule has 0 aliphatic carbocycles. The van der Waals surface area contributed by atoms with E-state index >= 15 is 0 Å². The van der Waals surface area contributed by atoms with Crippen molar-refractivity contribution in [3.63, 3.8) is 0 Å². The highest BCUT2D eigenvalue weighted by atomic mass is 35.5. The fourth-order valence-corrected chi connectivity index (χ4v) is 2.79. The van der Waals surface area contributed by atoms with Crippen LogP contribution in [0.15, 0.2) is 42.5 Å². The fourth-order valence-electron chi connectivity index (χ4n) is 2.49. The summed E-state index contributed by atoms with van der Waals surface area (Å²) in [5.74, 6) is 0. The van der Waals surface area contributed by atoms with Crippen LogP contribution >= 0.6 is 23.2 Å². The van der Waals surface area contributed by atoms with Gasteiger partial charge in [-0.05, 0) is 49.6 Å². The van der Waals surface area contributed by atoms with Gasteiger partial charge in [-0.1, -0.05) is 66.0 Å².